The van der Waals surface area contributed by atoms with Crippen LogP contribution in [0.2, 0.25) is 5.15 Å². The summed E-state index contributed by atoms with van der Waals surface area (Å²) in [5, 5.41) is 2.97. The Balaban J connectivity index is 2.50. The fraction of sp³-hybridized carbons (Fsp3) is 0.400. The van der Waals surface area contributed by atoms with Crippen LogP contribution in [0.15, 0.2) is 18.3 Å². The lowest BCUT2D eigenvalue weighted by atomic mass is 10.2. The molecule has 0 radical (unpaired) electrons. The Morgan fingerprint density at radius 1 is 1.75 bits per heavy atom. The number of hydrogen-bond donors (Lipinski definition) is 2. The topological polar surface area (TPSA) is 77.2 Å². The number of carbonyl (C=O) groups is 1. The molecule has 0 saturated heterocycles. The van der Waals surface area contributed by atoms with Crippen molar-refractivity contribution in [3.05, 3.63) is 23.5 Å². The monoisotopic (exact) mass is 243 g/mol. The largest absolute Gasteiger partial charge is 0.385 e. The third-order valence-electron chi connectivity index (χ3n) is 1.96. The Hall–Kier alpha value is -1.17. The zero-order chi connectivity index (χ0) is 12.0. The number of amides is 1. The van der Waals surface area contributed by atoms with Crippen LogP contribution in [0, 0.1) is 0 Å². The van der Waals surface area contributed by atoms with Gasteiger partial charge in [-0.2, -0.15) is 0 Å². The number of halogens is 1. The first-order valence-electron chi connectivity index (χ1n) is 4.80. The molecule has 0 aromatic carbocycles. The quantitative estimate of drug-likeness (QED) is 0.758. The molecule has 0 spiro atoms. The van der Waals surface area contributed by atoms with Crippen molar-refractivity contribution < 1.29 is 9.53 Å². The molecule has 88 valence electrons. The van der Waals surface area contributed by atoms with Gasteiger partial charge in [0.2, 0.25) is 5.91 Å². The Labute approximate surface area is 98.9 Å². The van der Waals surface area contributed by atoms with E-state index in [0.29, 0.717) is 23.9 Å². The molecule has 6 heteroatoms. The second-order valence-corrected chi connectivity index (χ2v) is 3.63. The highest BCUT2D eigenvalue weighted by Crippen LogP contribution is 2.12. The third kappa shape index (κ3) is 4.14. The van der Waals surface area contributed by atoms with E-state index >= 15 is 0 Å². The van der Waals surface area contributed by atoms with Crippen LogP contribution < -0.4 is 11.1 Å². The van der Waals surface area contributed by atoms with E-state index in [1.54, 1.807) is 19.2 Å². The van der Waals surface area contributed by atoms with Crippen LogP contribution in [0.25, 0.3) is 0 Å². The summed E-state index contributed by atoms with van der Waals surface area (Å²) < 4.78 is 4.84. The predicted octanol–water partition coefficient (Wildman–Crippen LogP) is 1.04. The minimum Gasteiger partial charge on any atom is -0.385 e. The maximum absolute atomic E-state index is 11.6. The molecule has 0 bridgehead atoms. The van der Waals surface area contributed by atoms with E-state index < -0.39 is 6.04 Å². The first-order valence-corrected chi connectivity index (χ1v) is 5.18. The number of pyridine rings is 1. The molecule has 1 heterocycles. The van der Waals surface area contributed by atoms with Crippen molar-refractivity contribution >= 4 is 23.2 Å². The minimum atomic E-state index is -0.591. The Kier molecular flexibility index (Phi) is 5.18. The van der Waals surface area contributed by atoms with Crippen molar-refractivity contribution in [1.82, 2.24) is 4.98 Å². The van der Waals surface area contributed by atoms with Gasteiger partial charge in [-0.25, -0.2) is 4.98 Å². The molecule has 1 aromatic heterocycles. The van der Waals surface area contributed by atoms with Gasteiger partial charge >= 0.3 is 0 Å². The standard InChI is InChI=1S/C10H14ClN3O2/c1-16-5-3-8(12)10(15)14-7-2-4-13-9(11)6-7/h2,4,6,8H,3,5,12H2,1H3,(H,13,14,15). The van der Waals surface area contributed by atoms with Crippen molar-refractivity contribution in [1.29, 1.82) is 0 Å². The summed E-state index contributed by atoms with van der Waals surface area (Å²) in [6, 6.07) is 2.61. The van der Waals surface area contributed by atoms with Gasteiger partial charge in [-0.05, 0) is 18.6 Å². The Bertz CT molecular complexity index is 360. The van der Waals surface area contributed by atoms with Gasteiger partial charge in [-0.1, -0.05) is 11.6 Å². The lowest BCUT2D eigenvalue weighted by molar-refractivity contribution is -0.117. The van der Waals surface area contributed by atoms with E-state index in [1.165, 1.54) is 6.20 Å². The van der Waals surface area contributed by atoms with Crippen molar-refractivity contribution in [2.45, 2.75) is 12.5 Å². The molecular formula is C10H14ClN3O2. The summed E-state index contributed by atoms with van der Waals surface area (Å²) in [6.07, 6.45) is 1.99. The molecule has 0 aliphatic carbocycles. The molecule has 1 amide bonds. The average Bonchev–Trinajstić information content (AvgIpc) is 2.25. The number of hydrogen-bond acceptors (Lipinski definition) is 4. The highest BCUT2D eigenvalue weighted by Gasteiger charge is 2.13. The fourth-order valence-electron chi connectivity index (χ4n) is 1.09. The predicted molar refractivity (Wildman–Crippen MR) is 62.3 cm³/mol. The van der Waals surface area contributed by atoms with Gasteiger partial charge in [0.15, 0.2) is 0 Å². The zero-order valence-corrected chi connectivity index (χ0v) is 9.70. The molecule has 0 aliphatic heterocycles. The second kappa shape index (κ2) is 6.42. The number of methoxy groups -OCH3 is 1. The summed E-state index contributed by atoms with van der Waals surface area (Å²) >= 11 is 5.68. The summed E-state index contributed by atoms with van der Waals surface area (Å²) in [6.45, 7) is 0.450. The minimum absolute atomic E-state index is 0.265. The number of rotatable bonds is 5. The first-order chi connectivity index (χ1) is 7.63. The highest BCUT2D eigenvalue weighted by molar-refractivity contribution is 6.29. The fourth-order valence-corrected chi connectivity index (χ4v) is 1.26. The number of aromatic nitrogens is 1. The molecule has 5 nitrogen and oxygen atoms in total. The van der Waals surface area contributed by atoms with Crippen LogP contribution in [-0.2, 0) is 9.53 Å². The van der Waals surface area contributed by atoms with Gasteiger partial charge in [-0.3, -0.25) is 4.79 Å². The summed E-state index contributed by atoms with van der Waals surface area (Å²) in [4.78, 5) is 15.4. The van der Waals surface area contributed by atoms with Crippen molar-refractivity contribution in [2.24, 2.45) is 5.73 Å². The smallest absolute Gasteiger partial charge is 0.241 e. The summed E-state index contributed by atoms with van der Waals surface area (Å²) in [7, 11) is 1.56. The maximum Gasteiger partial charge on any atom is 0.241 e. The molecule has 3 N–H and O–H groups in total. The second-order valence-electron chi connectivity index (χ2n) is 3.24. The number of ether oxygens (including phenoxy) is 1. The van der Waals surface area contributed by atoms with Gasteiger partial charge < -0.3 is 15.8 Å². The number of nitrogens with zero attached hydrogens (tertiary/aromatic N) is 1. The SMILES string of the molecule is COCCC(N)C(=O)Nc1ccnc(Cl)c1. The molecule has 1 rings (SSSR count). The lowest BCUT2D eigenvalue weighted by Crippen LogP contribution is -2.36. The average molecular weight is 244 g/mol. The van der Waals surface area contributed by atoms with E-state index in [2.05, 4.69) is 10.3 Å². The van der Waals surface area contributed by atoms with Crippen molar-refractivity contribution in [3.8, 4) is 0 Å². The van der Waals surface area contributed by atoms with Gasteiger partial charge in [0.05, 0.1) is 6.04 Å². The van der Waals surface area contributed by atoms with Crippen LogP contribution in [0.3, 0.4) is 0 Å². The summed E-state index contributed by atoms with van der Waals surface area (Å²) in [5.74, 6) is -0.265. The number of anilines is 1. The van der Waals surface area contributed by atoms with E-state index in [1.807, 2.05) is 0 Å². The molecule has 1 atom stereocenters. The van der Waals surface area contributed by atoms with Crippen LogP contribution in [-0.4, -0.2) is 30.6 Å². The number of nitrogens with one attached hydrogen (secondary N) is 1. The van der Waals surface area contributed by atoms with Gasteiger partial charge in [0.1, 0.15) is 5.15 Å². The van der Waals surface area contributed by atoms with Crippen LogP contribution in [0.4, 0.5) is 5.69 Å². The number of nitrogens with two attached hydrogens (primary N) is 1. The summed E-state index contributed by atoms with van der Waals surface area (Å²) in [5.41, 5.74) is 6.23. The van der Waals surface area contributed by atoms with E-state index in [-0.39, 0.29) is 5.91 Å². The van der Waals surface area contributed by atoms with E-state index in [4.69, 9.17) is 22.1 Å². The normalized spacial score (nSPS) is 12.2. The Morgan fingerprint density at radius 3 is 3.12 bits per heavy atom. The zero-order valence-electron chi connectivity index (χ0n) is 8.94. The first kappa shape index (κ1) is 12.9. The van der Waals surface area contributed by atoms with Gasteiger partial charge in [0.25, 0.3) is 0 Å². The van der Waals surface area contributed by atoms with E-state index in [0.717, 1.165) is 0 Å². The molecule has 16 heavy (non-hydrogen) atoms. The molecule has 1 aromatic rings. The molecule has 1 unspecified atom stereocenters. The highest BCUT2D eigenvalue weighted by atomic mass is 35.5. The van der Waals surface area contributed by atoms with Crippen LogP contribution >= 0.6 is 11.6 Å². The van der Waals surface area contributed by atoms with E-state index in [9.17, 15) is 4.79 Å². The molecule has 0 aliphatic rings. The molecule has 0 fully saturated rings. The van der Waals surface area contributed by atoms with Gasteiger partial charge in [0, 0.05) is 25.6 Å². The maximum atomic E-state index is 11.6. The molecule has 0 saturated carbocycles. The van der Waals surface area contributed by atoms with Crippen LogP contribution in [0.1, 0.15) is 6.42 Å². The third-order valence-corrected chi connectivity index (χ3v) is 2.17. The van der Waals surface area contributed by atoms with Gasteiger partial charge in [-0.15, -0.1) is 0 Å². The number of carbonyl (C=O) groups excluding carboxylic acids is 1. The lowest BCUT2D eigenvalue weighted by Gasteiger charge is -2.11. The molecular weight excluding hydrogens is 230 g/mol. The van der Waals surface area contributed by atoms with Crippen molar-refractivity contribution in [3.63, 3.8) is 0 Å². The van der Waals surface area contributed by atoms with Crippen molar-refractivity contribution in [2.75, 3.05) is 19.0 Å². The Morgan fingerprint density at radius 2 is 2.50 bits per heavy atom. The van der Waals surface area contributed by atoms with Crippen LogP contribution in [0.5, 0.6) is 0 Å².